The van der Waals surface area contributed by atoms with Gasteiger partial charge >= 0.3 is 7.32 Å². The van der Waals surface area contributed by atoms with Crippen LogP contribution < -0.4 is 4.65 Å². The van der Waals surface area contributed by atoms with E-state index in [0.29, 0.717) is 12.4 Å². The molecule has 4 nitrogen and oxygen atoms in total. The van der Waals surface area contributed by atoms with Crippen molar-refractivity contribution in [3.05, 3.63) is 66.2 Å². The number of likely N-dealkylation sites (N-methyl/N-ethyl adjacent to an activating group) is 1. The summed E-state index contributed by atoms with van der Waals surface area (Å²) < 4.78 is 44.2. The summed E-state index contributed by atoms with van der Waals surface area (Å²) in [5.74, 6) is -0.135. The second-order valence-electron chi connectivity index (χ2n) is 9.74. The zero-order chi connectivity index (χ0) is 25.9. The van der Waals surface area contributed by atoms with E-state index >= 15 is 0 Å². The van der Waals surface area contributed by atoms with Crippen LogP contribution >= 0.6 is 0 Å². The van der Waals surface area contributed by atoms with E-state index in [2.05, 4.69) is 41.1 Å². The van der Waals surface area contributed by atoms with Crippen LogP contribution in [0, 0.1) is 17.7 Å². The molecule has 1 atom stereocenters. The first-order valence-electron chi connectivity index (χ1n) is 12.8. The Kier molecular flexibility index (Phi) is 16.3. The van der Waals surface area contributed by atoms with Gasteiger partial charge in [-0.25, -0.2) is 4.39 Å². The second-order valence-corrected chi connectivity index (χ2v) is 9.74. The minimum absolute atomic E-state index is 0.0285. The number of halogens is 2. The molecule has 35 heavy (non-hydrogen) atoms. The van der Waals surface area contributed by atoms with Crippen LogP contribution in [0.2, 0.25) is 0 Å². The lowest BCUT2D eigenvalue weighted by atomic mass is 10.1. The highest BCUT2D eigenvalue weighted by Crippen LogP contribution is 2.17. The van der Waals surface area contributed by atoms with Crippen molar-refractivity contribution in [3.63, 3.8) is 0 Å². The van der Waals surface area contributed by atoms with E-state index in [1.807, 2.05) is 0 Å². The summed E-state index contributed by atoms with van der Waals surface area (Å²) >= 11 is 0. The summed E-state index contributed by atoms with van der Waals surface area (Å²) in [4.78, 5) is 0. The summed E-state index contributed by atoms with van der Waals surface area (Å²) in [6.45, 7) is 5.83. The zero-order valence-corrected chi connectivity index (χ0v) is 22.3. The summed E-state index contributed by atoms with van der Waals surface area (Å²) in [5.41, 5.74) is 0. The first-order chi connectivity index (χ1) is 16.7. The van der Waals surface area contributed by atoms with Crippen molar-refractivity contribution in [2.45, 2.75) is 71.3 Å². The van der Waals surface area contributed by atoms with Gasteiger partial charge in [0.15, 0.2) is 0 Å². The maximum absolute atomic E-state index is 13.5. The van der Waals surface area contributed by atoms with Gasteiger partial charge in [0.05, 0.1) is 27.2 Å². The lowest BCUT2D eigenvalue weighted by molar-refractivity contribution is -0.873. The third-order valence-corrected chi connectivity index (χ3v) is 5.13. The first-order valence-corrected chi connectivity index (χ1v) is 12.8. The van der Waals surface area contributed by atoms with E-state index in [1.165, 1.54) is 49.9 Å². The standard InChI is InChI=1S/C22H40BFNO3.C6H4F/c1-6-8-10-12-17-26-23(27-21-16-13-14-20(24)18-21)28-22(15-11-9-7-2)19-25(3,4)5;7-6-4-2-1-3-5-6/h13-14,16,18,22H,6-12,15,17,19H2,1-5H3;1-2,4-5H/q+1;-1. The molecule has 196 valence electrons. The number of rotatable bonds is 16. The molecule has 0 radical (unpaired) electrons. The van der Waals surface area contributed by atoms with Gasteiger partial charge < -0.3 is 18.4 Å². The van der Waals surface area contributed by atoms with Crippen LogP contribution in [0.3, 0.4) is 0 Å². The molecule has 0 amide bonds. The Balaban J connectivity index is 0.000000744. The maximum Gasteiger partial charge on any atom is 0.713 e. The van der Waals surface area contributed by atoms with Gasteiger partial charge in [0.25, 0.3) is 0 Å². The van der Waals surface area contributed by atoms with E-state index in [-0.39, 0.29) is 17.7 Å². The molecule has 0 aromatic heterocycles. The van der Waals surface area contributed by atoms with Crippen LogP contribution in [0.4, 0.5) is 8.78 Å². The molecule has 0 aliphatic carbocycles. The Morgan fingerprint density at radius 1 is 0.914 bits per heavy atom. The van der Waals surface area contributed by atoms with Gasteiger partial charge in [0.1, 0.15) is 18.1 Å². The lowest BCUT2D eigenvalue weighted by Crippen LogP contribution is -2.46. The Labute approximate surface area is 212 Å². The van der Waals surface area contributed by atoms with Crippen molar-refractivity contribution >= 4 is 7.32 Å². The first kappa shape index (κ1) is 31.1. The van der Waals surface area contributed by atoms with Crippen molar-refractivity contribution in [3.8, 4) is 5.75 Å². The van der Waals surface area contributed by atoms with Crippen molar-refractivity contribution in [2.24, 2.45) is 0 Å². The largest absolute Gasteiger partial charge is 0.713 e. The predicted molar refractivity (Wildman–Crippen MR) is 140 cm³/mol. The van der Waals surface area contributed by atoms with E-state index in [9.17, 15) is 8.78 Å². The Bertz CT molecular complexity index is 774. The average Bonchev–Trinajstić information content (AvgIpc) is 2.79. The second kappa shape index (κ2) is 18.3. The van der Waals surface area contributed by atoms with E-state index in [1.54, 1.807) is 24.3 Å². The number of hydrogen-bond donors (Lipinski definition) is 0. The van der Waals surface area contributed by atoms with Crippen molar-refractivity contribution in [1.29, 1.82) is 0 Å². The molecule has 0 heterocycles. The molecule has 2 rings (SSSR count). The quantitative estimate of drug-likeness (QED) is 0.109. The van der Waals surface area contributed by atoms with E-state index in [0.717, 1.165) is 36.7 Å². The summed E-state index contributed by atoms with van der Waals surface area (Å²) in [7, 11) is 5.65. The normalized spacial score (nSPS) is 12.0. The molecule has 0 aliphatic rings. The van der Waals surface area contributed by atoms with Gasteiger partial charge in [-0.15, -0.1) is 12.1 Å². The SMILES string of the molecule is CCCCCCOB(Oc1cccc(F)c1)OC(CCCCC)C[N+](C)(C)C.Fc1c[c-]ccc1. The van der Waals surface area contributed by atoms with Crippen LogP contribution in [0.25, 0.3) is 0 Å². The fourth-order valence-electron chi connectivity index (χ4n) is 3.42. The highest BCUT2D eigenvalue weighted by Gasteiger charge is 2.31. The zero-order valence-electron chi connectivity index (χ0n) is 22.3. The molecular weight excluding hydrogens is 447 g/mol. The summed E-state index contributed by atoms with van der Waals surface area (Å²) in [6.07, 6.45) is 8.94. The Morgan fingerprint density at radius 2 is 1.63 bits per heavy atom. The number of nitrogens with zero attached hydrogens (tertiary/aromatic N) is 1. The molecule has 2 aromatic carbocycles. The van der Waals surface area contributed by atoms with Crippen LogP contribution in [-0.4, -0.2) is 52.2 Å². The molecule has 0 saturated carbocycles. The molecule has 2 aromatic rings. The van der Waals surface area contributed by atoms with Gasteiger partial charge in [-0.05, 0) is 25.0 Å². The number of quaternary nitrogens is 1. The fourth-order valence-corrected chi connectivity index (χ4v) is 3.42. The van der Waals surface area contributed by atoms with Crippen LogP contribution in [-0.2, 0) is 9.31 Å². The maximum atomic E-state index is 13.5. The van der Waals surface area contributed by atoms with E-state index in [4.69, 9.17) is 14.0 Å². The molecule has 0 N–H and O–H groups in total. The number of hydrogen-bond acceptors (Lipinski definition) is 3. The Hall–Kier alpha value is -1.96. The van der Waals surface area contributed by atoms with Gasteiger partial charge in [-0.3, -0.25) is 4.39 Å². The molecule has 0 bridgehead atoms. The molecule has 0 aliphatic heterocycles. The van der Waals surface area contributed by atoms with Gasteiger partial charge in [0.2, 0.25) is 0 Å². The lowest BCUT2D eigenvalue weighted by Gasteiger charge is -2.30. The van der Waals surface area contributed by atoms with Crippen LogP contribution in [0.1, 0.15) is 65.2 Å². The average molecular weight is 491 g/mol. The van der Waals surface area contributed by atoms with Crippen molar-refractivity contribution in [1.82, 2.24) is 0 Å². The molecule has 0 spiro atoms. The fraction of sp³-hybridized carbons (Fsp3) is 0.571. The van der Waals surface area contributed by atoms with Crippen molar-refractivity contribution < 1.29 is 27.2 Å². The molecule has 1 unspecified atom stereocenters. The number of unbranched alkanes of at least 4 members (excludes halogenated alkanes) is 5. The van der Waals surface area contributed by atoms with Gasteiger partial charge in [-0.2, -0.15) is 18.2 Å². The molecule has 0 saturated heterocycles. The highest BCUT2D eigenvalue weighted by atomic mass is 19.1. The third-order valence-electron chi connectivity index (χ3n) is 5.13. The van der Waals surface area contributed by atoms with Gasteiger partial charge in [0, 0.05) is 18.5 Å². The van der Waals surface area contributed by atoms with Gasteiger partial charge in [-0.1, -0.05) is 58.4 Å². The topological polar surface area (TPSA) is 27.7 Å². The number of benzene rings is 2. The monoisotopic (exact) mass is 491 g/mol. The minimum Gasteiger partial charge on any atom is -0.512 e. The van der Waals surface area contributed by atoms with E-state index < -0.39 is 7.32 Å². The molecule has 7 heteroatoms. The Morgan fingerprint density at radius 3 is 2.20 bits per heavy atom. The molecule has 0 fully saturated rings. The highest BCUT2D eigenvalue weighted by molar-refractivity contribution is 6.37. The summed E-state index contributed by atoms with van der Waals surface area (Å²) in [5, 5.41) is 0. The van der Waals surface area contributed by atoms with Crippen molar-refractivity contribution in [2.75, 3.05) is 34.3 Å². The van der Waals surface area contributed by atoms with Crippen LogP contribution in [0.15, 0.2) is 48.5 Å². The smallest absolute Gasteiger partial charge is 0.512 e. The predicted octanol–water partition coefficient (Wildman–Crippen LogP) is 7.08. The summed E-state index contributed by atoms with van der Waals surface area (Å²) in [6, 6.07) is 14.7. The third kappa shape index (κ3) is 17.2. The minimum atomic E-state index is -0.818. The van der Waals surface area contributed by atoms with Crippen LogP contribution in [0.5, 0.6) is 5.75 Å². The molecular formula is C28H44BF2NO3.